The third-order valence-electron chi connectivity index (χ3n) is 2.72. The molecule has 1 atom stereocenters. The zero-order chi connectivity index (χ0) is 15.8. The van der Waals surface area contributed by atoms with Gasteiger partial charge in [0, 0.05) is 19.3 Å². The molecule has 7 nitrogen and oxygen atoms in total. The third kappa shape index (κ3) is 4.87. The molecule has 1 heterocycles. The van der Waals surface area contributed by atoms with Crippen molar-refractivity contribution < 1.29 is 33.3 Å². The van der Waals surface area contributed by atoms with Gasteiger partial charge in [0.2, 0.25) is 11.5 Å². The van der Waals surface area contributed by atoms with Crippen LogP contribution in [-0.4, -0.2) is 51.1 Å². The van der Waals surface area contributed by atoms with Crippen molar-refractivity contribution in [2.24, 2.45) is 5.92 Å². The second kappa shape index (κ2) is 8.43. The van der Waals surface area contributed by atoms with Gasteiger partial charge >= 0.3 is 11.9 Å². The summed E-state index contributed by atoms with van der Waals surface area (Å²) < 4.78 is 19.7. The molecule has 0 spiro atoms. The van der Waals surface area contributed by atoms with E-state index in [9.17, 15) is 9.59 Å². The molecule has 0 aliphatic heterocycles. The van der Waals surface area contributed by atoms with Gasteiger partial charge in [0.25, 0.3) is 0 Å². The number of carbonyl (C=O) groups is 2. The molecule has 0 aliphatic rings. The maximum atomic E-state index is 11.7. The van der Waals surface area contributed by atoms with Crippen LogP contribution in [0, 0.1) is 5.92 Å². The predicted molar refractivity (Wildman–Crippen MR) is 72.2 cm³/mol. The molecule has 0 bridgehead atoms. The van der Waals surface area contributed by atoms with E-state index in [2.05, 4.69) is 4.74 Å². The van der Waals surface area contributed by atoms with Crippen LogP contribution in [0.15, 0.2) is 10.5 Å². The molecule has 1 N–H and O–H groups in total. The molecule has 1 unspecified atom stereocenters. The molecule has 0 aromatic carbocycles. The van der Waals surface area contributed by atoms with Gasteiger partial charge < -0.3 is 23.7 Å². The number of hydrogen-bond donors (Lipinski definition) is 1. The van der Waals surface area contributed by atoms with Gasteiger partial charge in [-0.05, 0) is 18.4 Å². The minimum absolute atomic E-state index is 0.0172. The molecule has 118 valence electrons. The molecule has 7 heteroatoms. The van der Waals surface area contributed by atoms with Crippen molar-refractivity contribution in [1.29, 1.82) is 0 Å². The van der Waals surface area contributed by atoms with Gasteiger partial charge in [-0.3, -0.25) is 0 Å². The van der Waals surface area contributed by atoms with Crippen LogP contribution < -0.4 is 0 Å². The van der Waals surface area contributed by atoms with Crippen LogP contribution in [-0.2, 0) is 20.6 Å². The molecule has 0 aliphatic carbocycles. The highest BCUT2D eigenvalue weighted by molar-refractivity contribution is 5.92. The monoisotopic (exact) mass is 300 g/mol. The van der Waals surface area contributed by atoms with Crippen LogP contribution >= 0.6 is 0 Å². The molecule has 21 heavy (non-hydrogen) atoms. The van der Waals surface area contributed by atoms with Crippen LogP contribution in [0.4, 0.5) is 0 Å². The highest BCUT2D eigenvalue weighted by atomic mass is 16.6. The van der Waals surface area contributed by atoms with Gasteiger partial charge in [-0.1, -0.05) is 6.92 Å². The fourth-order valence-electron chi connectivity index (χ4n) is 1.87. The molecular weight excluding hydrogens is 280 g/mol. The molecule has 0 saturated carbocycles. The van der Waals surface area contributed by atoms with E-state index in [0.717, 1.165) is 0 Å². The number of aliphatic hydroxyl groups excluding tert-OH is 1. The number of hydrogen-bond acceptors (Lipinski definition) is 7. The van der Waals surface area contributed by atoms with Crippen molar-refractivity contribution in [2.45, 2.75) is 13.3 Å². The Kier molecular flexibility index (Phi) is 6.90. The molecular formula is C14H20O7. The lowest BCUT2D eigenvalue weighted by atomic mass is 10.0. The van der Waals surface area contributed by atoms with Crippen molar-refractivity contribution in [3.8, 4) is 0 Å². The van der Waals surface area contributed by atoms with E-state index in [-0.39, 0.29) is 30.7 Å². The highest BCUT2D eigenvalue weighted by Gasteiger charge is 2.24. The second-order valence-corrected chi connectivity index (χ2v) is 4.58. The Morgan fingerprint density at radius 1 is 1.33 bits per heavy atom. The van der Waals surface area contributed by atoms with Gasteiger partial charge in [-0.25, -0.2) is 9.59 Å². The second-order valence-electron chi connectivity index (χ2n) is 4.58. The number of ether oxygens (including phenoxy) is 3. The number of methoxy groups -OCH3 is 2. The van der Waals surface area contributed by atoms with Crippen molar-refractivity contribution in [3.63, 3.8) is 0 Å². The van der Waals surface area contributed by atoms with Crippen molar-refractivity contribution in [3.05, 3.63) is 23.2 Å². The third-order valence-corrected chi connectivity index (χ3v) is 2.72. The number of rotatable bonds is 8. The summed E-state index contributed by atoms with van der Waals surface area (Å²) in [5.41, 5.74) is 0.558. The molecule has 0 amide bonds. The maximum absolute atomic E-state index is 11.7. The minimum Gasteiger partial charge on any atom is -0.463 e. The summed E-state index contributed by atoms with van der Waals surface area (Å²) in [6.07, 6.45) is 0.495. The summed E-state index contributed by atoms with van der Waals surface area (Å²) in [6, 6.07) is 1.46. The Bertz CT molecular complexity index is 478. The fourth-order valence-corrected chi connectivity index (χ4v) is 1.87. The van der Waals surface area contributed by atoms with E-state index in [1.165, 1.54) is 13.2 Å². The lowest BCUT2D eigenvalue weighted by molar-refractivity contribution is 0.0391. The number of aliphatic hydroxyl groups is 1. The van der Waals surface area contributed by atoms with Crippen molar-refractivity contribution in [2.75, 3.05) is 34.0 Å². The van der Waals surface area contributed by atoms with Crippen molar-refractivity contribution in [1.82, 2.24) is 0 Å². The van der Waals surface area contributed by atoms with Gasteiger partial charge in [-0.15, -0.1) is 0 Å². The first-order valence-corrected chi connectivity index (χ1v) is 6.51. The number of carbonyl (C=O) groups excluding carboxylic acids is 2. The SMILES string of the molecule is COCC(C)Cc1cc(C(=O)OCCO)oc1C(=O)OC. The number of esters is 2. The van der Waals surface area contributed by atoms with Crippen LogP contribution in [0.1, 0.15) is 33.6 Å². The lowest BCUT2D eigenvalue weighted by Crippen LogP contribution is -2.10. The molecule has 1 aromatic rings. The minimum atomic E-state index is -0.736. The van der Waals surface area contributed by atoms with E-state index in [1.807, 2.05) is 6.92 Å². The van der Waals surface area contributed by atoms with E-state index in [4.69, 9.17) is 19.0 Å². The quantitative estimate of drug-likeness (QED) is 0.717. The Hall–Kier alpha value is -1.86. The standard InChI is InChI=1S/C14H20O7/c1-9(8-18-2)6-10-7-11(13(16)20-5-4-15)21-12(10)14(17)19-3/h7,9,15H,4-6,8H2,1-3H3. The Morgan fingerprint density at radius 3 is 2.62 bits per heavy atom. The smallest absolute Gasteiger partial charge is 0.374 e. The van der Waals surface area contributed by atoms with E-state index >= 15 is 0 Å². The van der Waals surface area contributed by atoms with Gasteiger partial charge in [0.1, 0.15) is 6.61 Å². The fraction of sp³-hybridized carbons (Fsp3) is 0.571. The average Bonchev–Trinajstić information content (AvgIpc) is 2.88. The zero-order valence-electron chi connectivity index (χ0n) is 12.4. The van der Waals surface area contributed by atoms with Gasteiger partial charge in [0.15, 0.2) is 0 Å². The topological polar surface area (TPSA) is 95.2 Å². The summed E-state index contributed by atoms with van der Waals surface area (Å²) in [5.74, 6) is -1.37. The summed E-state index contributed by atoms with van der Waals surface area (Å²) in [5, 5.41) is 8.63. The largest absolute Gasteiger partial charge is 0.463 e. The lowest BCUT2D eigenvalue weighted by Gasteiger charge is -2.08. The molecule has 1 aromatic heterocycles. The number of furan rings is 1. The van der Waals surface area contributed by atoms with Crippen molar-refractivity contribution >= 4 is 11.9 Å². The summed E-state index contributed by atoms with van der Waals surface area (Å²) in [6.45, 7) is 2.04. The zero-order valence-corrected chi connectivity index (χ0v) is 12.4. The van der Waals surface area contributed by atoms with Gasteiger partial charge in [0.05, 0.1) is 13.7 Å². The normalized spacial score (nSPS) is 12.0. The van der Waals surface area contributed by atoms with Crippen LogP contribution in [0.2, 0.25) is 0 Å². The summed E-state index contributed by atoms with van der Waals surface area (Å²) >= 11 is 0. The van der Waals surface area contributed by atoms with E-state index in [0.29, 0.717) is 18.6 Å². The first-order valence-electron chi connectivity index (χ1n) is 6.51. The van der Waals surface area contributed by atoms with E-state index < -0.39 is 11.9 Å². The van der Waals surface area contributed by atoms with Gasteiger partial charge in [-0.2, -0.15) is 0 Å². The summed E-state index contributed by atoms with van der Waals surface area (Å²) in [4.78, 5) is 23.4. The highest BCUT2D eigenvalue weighted by Crippen LogP contribution is 2.21. The molecule has 0 radical (unpaired) electrons. The molecule has 0 fully saturated rings. The maximum Gasteiger partial charge on any atom is 0.374 e. The van der Waals surface area contributed by atoms with Crippen LogP contribution in [0.25, 0.3) is 0 Å². The Balaban J connectivity index is 2.95. The molecule has 0 saturated heterocycles. The van der Waals surface area contributed by atoms with Crippen LogP contribution in [0.5, 0.6) is 0 Å². The Labute approximate surface area is 122 Å². The predicted octanol–water partition coefficient (Wildman–Crippen LogP) is 1.04. The van der Waals surface area contributed by atoms with E-state index in [1.54, 1.807) is 7.11 Å². The molecule has 1 rings (SSSR count). The summed E-state index contributed by atoms with van der Waals surface area (Å²) in [7, 11) is 2.82. The first-order chi connectivity index (χ1) is 10.0. The Morgan fingerprint density at radius 2 is 2.05 bits per heavy atom. The first kappa shape index (κ1) is 17.2. The average molecular weight is 300 g/mol. The van der Waals surface area contributed by atoms with Crippen LogP contribution in [0.3, 0.4) is 0 Å².